The zero-order valence-electron chi connectivity index (χ0n) is 10.1. The lowest BCUT2D eigenvalue weighted by Crippen LogP contribution is -2.21. The van der Waals surface area contributed by atoms with Crippen molar-refractivity contribution in [2.24, 2.45) is 0 Å². The van der Waals surface area contributed by atoms with E-state index in [1.54, 1.807) is 0 Å². The largest absolute Gasteiger partial charge is 0.573 e. The summed E-state index contributed by atoms with van der Waals surface area (Å²) in [6.45, 7) is 0. The average molecular weight is 429 g/mol. The van der Waals surface area contributed by atoms with Gasteiger partial charge in [-0.15, -0.1) is 13.2 Å². The molecular weight excluding hydrogens is 423 g/mol. The lowest BCUT2D eigenvalue weighted by atomic mass is 10.1. The van der Waals surface area contributed by atoms with Gasteiger partial charge in [-0.25, -0.2) is 4.98 Å². The van der Waals surface area contributed by atoms with Crippen LogP contribution in [0, 0.1) is 3.70 Å². The van der Waals surface area contributed by atoms with Crippen LogP contribution in [0.4, 0.5) is 26.3 Å². The van der Waals surface area contributed by atoms with Gasteiger partial charge >= 0.3 is 18.5 Å². The van der Waals surface area contributed by atoms with Crippen molar-refractivity contribution in [3.63, 3.8) is 0 Å². The number of carbonyl (C=O) groups excluding carboxylic acids is 1. The van der Waals surface area contributed by atoms with Crippen LogP contribution in [0.2, 0.25) is 0 Å². The number of ether oxygens (including phenoxy) is 2. The second kappa shape index (κ2) is 6.23. The van der Waals surface area contributed by atoms with Gasteiger partial charge in [-0.2, -0.15) is 13.2 Å². The van der Waals surface area contributed by atoms with Crippen LogP contribution in [0.5, 0.6) is 5.75 Å². The van der Waals surface area contributed by atoms with E-state index < -0.39 is 45.6 Å². The zero-order chi connectivity index (χ0) is 16.4. The minimum absolute atomic E-state index is 0.320. The Kier molecular flexibility index (Phi) is 5.28. The Bertz CT molecular complexity index is 543. The molecule has 0 aliphatic rings. The fourth-order valence-corrected chi connectivity index (χ4v) is 2.00. The fraction of sp³-hybridized carbons (Fsp3) is 0.400. The molecule has 0 aromatic carbocycles. The summed E-state index contributed by atoms with van der Waals surface area (Å²) in [6, 6.07) is 0.320. The summed E-state index contributed by atoms with van der Waals surface area (Å²) in [6.07, 6.45) is -10.8. The molecule has 1 rings (SSSR count). The predicted octanol–water partition coefficient (Wildman–Crippen LogP) is 3.32. The summed E-state index contributed by atoms with van der Waals surface area (Å²) in [7, 11) is 0.948. The van der Waals surface area contributed by atoms with Gasteiger partial charge in [0.15, 0.2) is 5.75 Å². The molecular formula is C10H6F6INO3. The van der Waals surface area contributed by atoms with E-state index in [4.69, 9.17) is 0 Å². The highest BCUT2D eigenvalue weighted by Gasteiger charge is 2.37. The molecule has 0 amide bonds. The molecule has 1 heterocycles. The number of pyridine rings is 1. The van der Waals surface area contributed by atoms with Crippen LogP contribution >= 0.6 is 22.6 Å². The summed E-state index contributed by atoms with van der Waals surface area (Å²) < 4.78 is 81.8. The third-order valence-electron chi connectivity index (χ3n) is 2.08. The van der Waals surface area contributed by atoms with E-state index in [9.17, 15) is 31.1 Å². The highest BCUT2D eigenvalue weighted by molar-refractivity contribution is 14.1. The summed E-state index contributed by atoms with van der Waals surface area (Å²) in [5.41, 5.74) is -2.05. The minimum Gasteiger partial charge on any atom is -0.469 e. The van der Waals surface area contributed by atoms with Gasteiger partial charge in [0.25, 0.3) is 0 Å². The molecule has 4 nitrogen and oxygen atoms in total. The van der Waals surface area contributed by atoms with E-state index in [2.05, 4.69) is 14.5 Å². The highest BCUT2D eigenvalue weighted by Crippen LogP contribution is 2.36. The molecule has 0 fully saturated rings. The Morgan fingerprint density at radius 1 is 1.29 bits per heavy atom. The molecule has 0 radical (unpaired) electrons. The number of halogens is 7. The summed E-state index contributed by atoms with van der Waals surface area (Å²) in [5.74, 6) is -1.97. The molecule has 0 spiro atoms. The maximum Gasteiger partial charge on any atom is 0.573 e. The number of alkyl halides is 6. The molecule has 1 aromatic rings. The first-order valence-corrected chi connectivity index (χ1v) is 6.11. The Morgan fingerprint density at radius 3 is 2.29 bits per heavy atom. The van der Waals surface area contributed by atoms with Crippen LogP contribution in [-0.2, 0) is 22.1 Å². The maximum absolute atomic E-state index is 12.6. The van der Waals surface area contributed by atoms with Crippen molar-refractivity contribution >= 4 is 28.6 Å². The lowest BCUT2D eigenvalue weighted by Gasteiger charge is -2.16. The number of rotatable bonds is 3. The number of aromatic nitrogens is 1. The van der Waals surface area contributed by atoms with Crippen LogP contribution in [-0.4, -0.2) is 24.4 Å². The zero-order valence-corrected chi connectivity index (χ0v) is 12.3. The van der Waals surface area contributed by atoms with E-state index in [1.165, 1.54) is 0 Å². The predicted molar refractivity (Wildman–Crippen MR) is 64.4 cm³/mol. The highest BCUT2D eigenvalue weighted by atomic mass is 127. The fourth-order valence-electron chi connectivity index (χ4n) is 1.28. The van der Waals surface area contributed by atoms with Gasteiger partial charge in [-0.3, -0.25) is 4.79 Å². The number of methoxy groups -OCH3 is 1. The van der Waals surface area contributed by atoms with Gasteiger partial charge in [0, 0.05) is 5.56 Å². The Balaban J connectivity index is 3.37. The van der Waals surface area contributed by atoms with Gasteiger partial charge in [0.1, 0.15) is 9.39 Å². The second-order valence-corrected chi connectivity index (χ2v) is 4.61. The molecule has 0 aliphatic heterocycles. The minimum atomic E-state index is -5.13. The number of hydrogen-bond donors (Lipinski definition) is 0. The molecule has 0 aliphatic carbocycles. The van der Waals surface area contributed by atoms with Crippen molar-refractivity contribution in [1.29, 1.82) is 0 Å². The van der Waals surface area contributed by atoms with Crippen LogP contribution in [0.25, 0.3) is 0 Å². The van der Waals surface area contributed by atoms with E-state index in [1.807, 2.05) is 0 Å². The molecule has 21 heavy (non-hydrogen) atoms. The van der Waals surface area contributed by atoms with Gasteiger partial charge in [-0.05, 0) is 28.7 Å². The lowest BCUT2D eigenvalue weighted by molar-refractivity contribution is -0.275. The van der Waals surface area contributed by atoms with E-state index in [-0.39, 0.29) is 0 Å². The standard InChI is InChI=1S/C10H6F6INO3/c1-20-6(19)3-4-2-5(9(11,12)13)18-8(17)7(4)21-10(14,15)16/h2H,3H2,1H3. The molecule has 0 saturated heterocycles. The van der Waals surface area contributed by atoms with Crippen LogP contribution in [0.1, 0.15) is 11.3 Å². The number of carbonyl (C=O) groups is 1. The third-order valence-corrected chi connectivity index (χ3v) is 2.81. The van der Waals surface area contributed by atoms with Crippen molar-refractivity contribution in [2.75, 3.05) is 7.11 Å². The van der Waals surface area contributed by atoms with Crippen LogP contribution < -0.4 is 4.74 Å². The van der Waals surface area contributed by atoms with Gasteiger partial charge in [-0.1, -0.05) is 0 Å². The van der Waals surface area contributed by atoms with Crippen molar-refractivity contribution in [3.05, 3.63) is 21.0 Å². The summed E-state index contributed by atoms with van der Waals surface area (Å²) in [4.78, 5) is 14.1. The average Bonchev–Trinajstić information content (AvgIpc) is 2.30. The topological polar surface area (TPSA) is 48.4 Å². The molecule has 0 N–H and O–H groups in total. The Labute approximate surface area is 127 Å². The number of hydrogen-bond acceptors (Lipinski definition) is 4. The maximum atomic E-state index is 12.6. The molecule has 1 aromatic heterocycles. The normalized spacial score (nSPS) is 12.2. The van der Waals surface area contributed by atoms with Crippen molar-refractivity contribution in [2.45, 2.75) is 19.0 Å². The first-order valence-electron chi connectivity index (χ1n) is 5.03. The smallest absolute Gasteiger partial charge is 0.469 e. The van der Waals surface area contributed by atoms with Crippen molar-refractivity contribution in [3.8, 4) is 5.75 Å². The number of nitrogens with zero attached hydrogens (tertiary/aromatic N) is 1. The molecule has 0 unspecified atom stereocenters. The number of esters is 1. The summed E-state index contributed by atoms with van der Waals surface area (Å²) in [5, 5.41) is 0. The van der Waals surface area contributed by atoms with Gasteiger partial charge in [0.05, 0.1) is 13.5 Å². The van der Waals surface area contributed by atoms with E-state index >= 15 is 0 Å². The van der Waals surface area contributed by atoms with Crippen molar-refractivity contribution < 1.29 is 40.6 Å². The van der Waals surface area contributed by atoms with Crippen molar-refractivity contribution in [1.82, 2.24) is 4.98 Å². The molecule has 0 atom stereocenters. The Hall–Kier alpha value is -1.27. The summed E-state index contributed by atoms with van der Waals surface area (Å²) >= 11 is 1.16. The molecule has 0 bridgehead atoms. The van der Waals surface area contributed by atoms with Gasteiger partial charge in [0.2, 0.25) is 0 Å². The molecule has 118 valence electrons. The van der Waals surface area contributed by atoms with E-state index in [0.29, 0.717) is 6.07 Å². The van der Waals surface area contributed by atoms with Crippen LogP contribution in [0.3, 0.4) is 0 Å². The second-order valence-electron chi connectivity index (χ2n) is 3.59. The Morgan fingerprint density at radius 2 is 1.86 bits per heavy atom. The van der Waals surface area contributed by atoms with Crippen LogP contribution in [0.15, 0.2) is 6.07 Å². The van der Waals surface area contributed by atoms with Gasteiger partial charge < -0.3 is 9.47 Å². The molecule has 0 saturated carbocycles. The SMILES string of the molecule is COC(=O)Cc1cc(C(F)(F)F)nc(I)c1OC(F)(F)F. The molecule has 11 heteroatoms. The monoisotopic (exact) mass is 429 g/mol. The van der Waals surface area contributed by atoms with E-state index in [0.717, 1.165) is 29.7 Å². The first-order chi connectivity index (χ1) is 9.44. The first kappa shape index (κ1) is 17.8. The quantitative estimate of drug-likeness (QED) is 0.320. The third kappa shape index (κ3) is 5.21.